The Labute approximate surface area is 132 Å². The van der Waals surface area contributed by atoms with Crippen molar-refractivity contribution in [1.29, 1.82) is 0 Å². The van der Waals surface area contributed by atoms with Crippen molar-refractivity contribution in [1.82, 2.24) is 14.3 Å². The van der Waals surface area contributed by atoms with Crippen LogP contribution >= 0.6 is 0 Å². The van der Waals surface area contributed by atoms with Crippen LogP contribution in [0.15, 0.2) is 53.3 Å². The van der Waals surface area contributed by atoms with Crippen LogP contribution in [-0.4, -0.2) is 21.5 Å². The highest BCUT2D eigenvalue weighted by molar-refractivity contribution is 5.64. The van der Waals surface area contributed by atoms with E-state index < -0.39 is 0 Å². The van der Waals surface area contributed by atoms with E-state index >= 15 is 0 Å². The van der Waals surface area contributed by atoms with Crippen LogP contribution in [0.5, 0.6) is 6.01 Å². The molecule has 0 saturated carbocycles. The Balaban J connectivity index is 2.03. The Hall–Kier alpha value is -2.89. The number of ether oxygens (including phenoxy) is 1. The van der Waals surface area contributed by atoms with Gasteiger partial charge in [0.15, 0.2) is 0 Å². The highest BCUT2D eigenvalue weighted by Crippen LogP contribution is 2.22. The van der Waals surface area contributed by atoms with E-state index in [1.54, 1.807) is 12.1 Å². The minimum Gasteiger partial charge on any atom is -0.467 e. The van der Waals surface area contributed by atoms with E-state index in [-0.39, 0.29) is 24.1 Å². The van der Waals surface area contributed by atoms with Crippen LogP contribution in [0.2, 0.25) is 0 Å². The van der Waals surface area contributed by atoms with E-state index in [1.165, 1.54) is 24.8 Å². The second kappa shape index (κ2) is 6.08. The average molecular weight is 313 g/mol. The molecular formula is C17H16FN3O2. The Kier molecular flexibility index (Phi) is 3.97. The van der Waals surface area contributed by atoms with Gasteiger partial charge < -0.3 is 4.74 Å². The molecule has 5 nitrogen and oxygen atoms in total. The Bertz CT molecular complexity index is 885. The van der Waals surface area contributed by atoms with Gasteiger partial charge in [0.25, 0.3) is 0 Å². The Morgan fingerprint density at radius 3 is 2.57 bits per heavy atom. The summed E-state index contributed by atoms with van der Waals surface area (Å²) in [5.74, 6) is -0.373. The maximum atomic E-state index is 14.2. The predicted molar refractivity (Wildman–Crippen MR) is 85.0 cm³/mol. The third kappa shape index (κ3) is 2.88. The first-order valence-electron chi connectivity index (χ1n) is 7.12. The predicted octanol–water partition coefficient (Wildman–Crippen LogP) is 2.44. The van der Waals surface area contributed by atoms with Gasteiger partial charge in [-0.1, -0.05) is 36.4 Å². The quantitative estimate of drug-likeness (QED) is 0.743. The number of nitrogens with zero attached hydrogens (tertiary/aromatic N) is 3. The second-order valence-corrected chi connectivity index (χ2v) is 5.15. The fourth-order valence-corrected chi connectivity index (χ4v) is 2.44. The van der Waals surface area contributed by atoms with Crippen molar-refractivity contribution >= 4 is 0 Å². The van der Waals surface area contributed by atoms with Crippen LogP contribution in [0.4, 0.5) is 4.39 Å². The lowest BCUT2D eigenvalue weighted by Crippen LogP contribution is -2.23. The first-order chi connectivity index (χ1) is 11.1. The lowest BCUT2D eigenvalue weighted by Gasteiger charge is -2.08. The van der Waals surface area contributed by atoms with E-state index in [2.05, 4.69) is 5.10 Å². The third-order valence-electron chi connectivity index (χ3n) is 3.64. The molecule has 0 saturated heterocycles. The highest BCUT2D eigenvalue weighted by atomic mass is 19.1. The van der Waals surface area contributed by atoms with Gasteiger partial charge in [-0.15, -0.1) is 5.10 Å². The molecule has 0 spiro atoms. The van der Waals surface area contributed by atoms with Gasteiger partial charge in [0.1, 0.15) is 5.82 Å². The summed E-state index contributed by atoms with van der Waals surface area (Å²) in [6.07, 6.45) is 0. The van der Waals surface area contributed by atoms with E-state index in [1.807, 2.05) is 30.3 Å². The summed E-state index contributed by atoms with van der Waals surface area (Å²) in [6.45, 7) is 0.0579. The molecule has 0 aliphatic rings. The fraction of sp³-hybridized carbons (Fsp3) is 0.176. The molecule has 0 N–H and O–H groups in total. The summed E-state index contributed by atoms with van der Waals surface area (Å²) in [6, 6.07) is 14.7. The van der Waals surface area contributed by atoms with Crippen molar-refractivity contribution in [2.24, 2.45) is 7.05 Å². The molecule has 0 aliphatic heterocycles. The summed E-state index contributed by atoms with van der Waals surface area (Å²) in [5, 5.41) is 3.96. The SMILES string of the molecule is COc1nn(C)c(=O)n1Cc1cc(-c2ccccc2)ccc1F. The monoisotopic (exact) mass is 313 g/mol. The maximum absolute atomic E-state index is 14.2. The zero-order valence-electron chi connectivity index (χ0n) is 12.9. The van der Waals surface area contributed by atoms with Crippen LogP contribution in [-0.2, 0) is 13.6 Å². The summed E-state index contributed by atoms with van der Waals surface area (Å²) >= 11 is 0. The fourth-order valence-electron chi connectivity index (χ4n) is 2.44. The largest absolute Gasteiger partial charge is 0.467 e. The maximum Gasteiger partial charge on any atom is 0.348 e. The van der Waals surface area contributed by atoms with Crippen molar-refractivity contribution in [2.75, 3.05) is 7.11 Å². The van der Waals surface area contributed by atoms with Crippen LogP contribution in [0.1, 0.15) is 5.56 Å². The lowest BCUT2D eigenvalue weighted by molar-refractivity contribution is 0.356. The van der Waals surface area contributed by atoms with Gasteiger partial charge in [0.05, 0.1) is 13.7 Å². The summed E-state index contributed by atoms with van der Waals surface area (Å²) < 4.78 is 21.7. The molecule has 3 rings (SSSR count). The molecule has 3 aromatic rings. The first-order valence-corrected chi connectivity index (χ1v) is 7.12. The molecule has 0 amide bonds. The van der Waals surface area contributed by atoms with E-state index in [0.29, 0.717) is 5.56 Å². The number of hydrogen-bond acceptors (Lipinski definition) is 3. The number of benzene rings is 2. The Morgan fingerprint density at radius 2 is 1.87 bits per heavy atom. The minimum atomic E-state index is -0.373. The molecule has 0 bridgehead atoms. The topological polar surface area (TPSA) is 49.1 Å². The smallest absolute Gasteiger partial charge is 0.348 e. The summed E-state index contributed by atoms with van der Waals surface area (Å²) in [7, 11) is 2.95. The van der Waals surface area contributed by atoms with Gasteiger partial charge in [-0.25, -0.2) is 18.4 Å². The minimum absolute atomic E-state index is 0.0579. The molecule has 0 aliphatic carbocycles. The van der Waals surface area contributed by atoms with Crippen molar-refractivity contribution < 1.29 is 9.13 Å². The van der Waals surface area contributed by atoms with Crippen molar-refractivity contribution in [3.05, 3.63) is 70.4 Å². The van der Waals surface area contributed by atoms with Gasteiger partial charge in [0, 0.05) is 12.6 Å². The molecule has 0 fully saturated rings. The molecular weight excluding hydrogens is 297 g/mol. The van der Waals surface area contributed by atoms with Gasteiger partial charge in [-0.2, -0.15) is 0 Å². The van der Waals surface area contributed by atoms with E-state index in [9.17, 15) is 9.18 Å². The third-order valence-corrected chi connectivity index (χ3v) is 3.64. The molecule has 1 aromatic heterocycles. The highest BCUT2D eigenvalue weighted by Gasteiger charge is 2.14. The average Bonchev–Trinajstić information content (AvgIpc) is 2.85. The van der Waals surface area contributed by atoms with Crippen LogP contribution in [0, 0.1) is 5.82 Å². The normalized spacial score (nSPS) is 10.7. The molecule has 6 heteroatoms. The standard InChI is InChI=1S/C17H16FN3O2/c1-20-17(22)21(16(19-20)23-2)11-14-10-13(8-9-15(14)18)12-6-4-3-5-7-12/h3-10H,11H2,1-2H3. The number of halogens is 1. The number of hydrogen-bond donors (Lipinski definition) is 0. The van der Waals surface area contributed by atoms with Crippen molar-refractivity contribution in [3.63, 3.8) is 0 Å². The molecule has 118 valence electrons. The molecule has 0 radical (unpaired) electrons. The summed E-state index contributed by atoms with van der Waals surface area (Å²) in [4.78, 5) is 12.1. The molecule has 1 heterocycles. The second-order valence-electron chi connectivity index (χ2n) is 5.15. The van der Waals surface area contributed by atoms with Gasteiger partial charge >= 0.3 is 11.7 Å². The molecule has 23 heavy (non-hydrogen) atoms. The number of rotatable bonds is 4. The molecule has 0 atom stereocenters. The van der Waals surface area contributed by atoms with Gasteiger partial charge in [-0.3, -0.25) is 0 Å². The summed E-state index contributed by atoms with van der Waals surface area (Å²) in [5.41, 5.74) is 1.92. The van der Waals surface area contributed by atoms with Crippen LogP contribution < -0.4 is 10.4 Å². The number of methoxy groups -OCH3 is 1. The van der Waals surface area contributed by atoms with Crippen molar-refractivity contribution in [2.45, 2.75) is 6.54 Å². The molecule has 0 unspecified atom stereocenters. The number of aromatic nitrogens is 3. The zero-order valence-corrected chi connectivity index (χ0v) is 12.9. The number of aryl methyl sites for hydroxylation is 1. The van der Waals surface area contributed by atoms with Crippen molar-refractivity contribution in [3.8, 4) is 17.1 Å². The van der Waals surface area contributed by atoms with Crippen LogP contribution in [0.25, 0.3) is 11.1 Å². The van der Waals surface area contributed by atoms with E-state index in [0.717, 1.165) is 15.8 Å². The Morgan fingerprint density at radius 1 is 1.13 bits per heavy atom. The van der Waals surface area contributed by atoms with Gasteiger partial charge in [0.2, 0.25) is 0 Å². The zero-order chi connectivity index (χ0) is 16.4. The van der Waals surface area contributed by atoms with Crippen LogP contribution in [0.3, 0.4) is 0 Å². The first kappa shape index (κ1) is 15.0. The lowest BCUT2D eigenvalue weighted by atomic mass is 10.0. The molecule has 2 aromatic carbocycles. The van der Waals surface area contributed by atoms with E-state index in [4.69, 9.17) is 4.74 Å². The van der Waals surface area contributed by atoms with Gasteiger partial charge in [-0.05, 0) is 23.3 Å².